The van der Waals surface area contributed by atoms with Gasteiger partial charge in [-0.25, -0.2) is 0 Å². The Hall–Kier alpha value is -2.58. The summed E-state index contributed by atoms with van der Waals surface area (Å²) >= 11 is 0. The molecule has 0 bridgehead atoms. The number of ether oxygens (including phenoxy) is 2. The second-order valence-corrected chi connectivity index (χ2v) is 6.40. The summed E-state index contributed by atoms with van der Waals surface area (Å²) in [5, 5.41) is 2.65. The molecule has 24 heavy (non-hydrogen) atoms. The lowest BCUT2D eigenvalue weighted by Gasteiger charge is -2.10. The molecule has 2 rings (SSSR count). The van der Waals surface area contributed by atoms with E-state index >= 15 is 0 Å². The molecule has 0 fully saturated rings. The largest absolute Gasteiger partial charge is 0.497 e. The zero-order chi connectivity index (χ0) is 17.9. The third kappa shape index (κ3) is 4.03. The molecule has 0 aliphatic rings. The monoisotopic (exact) mass is 351 g/mol. The van der Waals surface area contributed by atoms with Crippen molar-refractivity contribution in [2.75, 3.05) is 19.5 Å². The lowest BCUT2D eigenvalue weighted by atomic mass is 10.1. The van der Waals surface area contributed by atoms with Crippen LogP contribution in [0.1, 0.15) is 15.9 Å². The molecule has 0 aliphatic heterocycles. The fraction of sp³-hybridized carbons (Fsp3) is 0.188. The van der Waals surface area contributed by atoms with Gasteiger partial charge in [-0.05, 0) is 42.8 Å². The molecule has 128 valence electrons. The molecule has 2 N–H and O–H groups in total. The van der Waals surface area contributed by atoms with Crippen molar-refractivity contribution in [3.63, 3.8) is 0 Å². The normalized spacial score (nSPS) is 11.0. The van der Waals surface area contributed by atoms with E-state index in [1.165, 1.54) is 39.3 Å². The van der Waals surface area contributed by atoms with E-state index in [-0.39, 0.29) is 4.90 Å². The van der Waals surface area contributed by atoms with Gasteiger partial charge in [0.25, 0.3) is 16.0 Å². The van der Waals surface area contributed by atoms with Crippen LogP contribution in [0.15, 0.2) is 41.3 Å². The average Bonchev–Trinajstić information content (AvgIpc) is 2.53. The lowest BCUT2D eigenvalue weighted by Crippen LogP contribution is -2.13. The third-order valence-corrected chi connectivity index (χ3v) is 4.34. The fourth-order valence-electron chi connectivity index (χ4n) is 2.16. The highest BCUT2D eigenvalue weighted by Gasteiger charge is 2.15. The van der Waals surface area contributed by atoms with Gasteiger partial charge in [-0.2, -0.15) is 8.42 Å². The Kier molecular flexibility index (Phi) is 5.10. The van der Waals surface area contributed by atoms with E-state index in [1.54, 1.807) is 18.2 Å². The molecule has 7 nitrogen and oxygen atoms in total. The second-order valence-electron chi connectivity index (χ2n) is 5.01. The van der Waals surface area contributed by atoms with Crippen molar-refractivity contribution in [2.24, 2.45) is 0 Å². The molecule has 0 radical (unpaired) electrons. The van der Waals surface area contributed by atoms with E-state index in [2.05, 4.69) is 5.32 Å². The van der Waals surface area contributed by atoms with Crippen LogP contribution in [-0.4, -0.2) is 33.1 Å². The Morgan fingerprint density at radius 3 is 2.08 bits per heavy atom. The first kappa shape index (κ1) is 17.8. The topological polar surface area (TPSA) is 102 Å². The van der Waals surface area contributed by atoms with Crippen molar-refractivity contribution in [1.29, 1.82) is 0 Å². The molecule has 1 amide bonds. The van der Waals surface area contributed by atoms with Crippen molar-refractivity contribution in [2.45, 2.75) is 11.8 Å². The molecule has 0 atom stereocenters. The summed E-state index contributed by atoms with van der Waals surface area (Å²) in [6.07, 6.45) is 0. The quantitative estimate of drug-likeness (QED) is 0.803. The highest BCUT2D eigenvalue weighted by molar-refractivity contribution is 7.85. The molecule has 8 heteroatoms. The Morgan fingerprint density at radius 2 is 1.62 bits per heavy atom. The summed E-state index contributed by atoms with van der Waals surface area (Å²) in [4.78, 5) is 12.1. The summed E-state index contributed by atoms with van der Waals surface area (Å²) < 4.78 is 41.7. The number of amides is 1. The van der Waals surface area contributed by atoms with Crippen molar-refractivity contribution in [3.05, 3.63) is 47.5 Å². The van der Waals surface area contributed by atoms with Gasteiger partial charge in [0, 0.05) is 17.3 Å². The van der Waals surface area contributed by atoms with E-state index in [9.17, 15) is 13.2 Å². The van der Waals surface area contributed by atoms with E-state index in [0.717, 1.165) is 0 Å². The number of nitrogens with one attached hydrogen (secondary N) is 1. The van der Waals surface area contributed by atoms with E-state index in [4.69, 9.17) is 14.0 Å². The SMILES string of the molecule is COc1cc(OC)cc(C(=O)Nc2ccc(S(=O)(=O)O)c(C)c2)c1. The van der Waals surface area contributed by atoms with E-state index < -0.39 is 16.0 Å². The standard InChI is InChI=1S/C16H17NO6S/c1-10-6-12(4-5-15(10)24(19,20)21)17-16(18)11-7-13(22-2)9-14(8-11)23-3/h4-9H,1-3H3,(H,17,18)(H,19,20,21). The Labute approximate surface area is 140 Å². The summed E-state index contributed by atoms with van der Waals surface area (Å²) in [6.45, 7) is 1.52. The van der Waals surface area contributed by atoms with Gasteiger partial charge in [-0.3, -0.25) is 9.35 Å². The summed E-state index contributed by atoms with van der Waals surface area (Å²) in [5.74, 6) is 0.529. The summed E-state index contributed by atoms with van der Waals surface area (Å²) in [7, 11) is -1.33. The van der Waals surface area contributed by atoms with Crippen LogP contribution >= 0.6 is 0 Å². The maximum absolute atomic E-state index is 12.4. The number of hydrogen-bond donors (Lipinski definition) is 2. The van der Waals surface area contributed by atoms with Crippen LogP contribution < -0.4 is 14.8 Å². The zero-order valence-electron chi connectivity index (χ0n) is 13.4. The molecule has 0 spiro atoms. The fourth-order valence-corrected chi connectivity index (χ4v) is 2.86. The van der Waals surface area contributed by atoms with Gasteiger partial charge in [0.05, 0.1) is 19.1 Å². The Bertz CT molecular complexity index is 854. The third-order valence-electron chi connectivity index (χ3n) is 3.32. The van der Waals surface area contributed by atoms with Crippen LogP contribution in [0.4, 0.5) is 5.69 Å². The number of rotatable bonds is 5. The highest BCUT2D eigenvalue weighted by Crippen LogP contribution is 2.24. The molecule has 0 heterocycles. The number of anilines is 1. The predicted molar refractivity (Wildman–Crippen MR) is 88.5 cm³/mol. The molecule has 2 aromatic carbocycles. The molecular formula is C16H17NO6S. The Morgan fingerprint density at radius 1 is 1.04 bits per heavy atom. The molecule has 0 unspecified atom stereocenters. The zero-order valence-corrected chi connectivity index (χ0v) is 14.2. The van der Waals surface area contributed by atoms with E-state index in [1.807, 2.05) is 0 Å². The van der Waals surface area contributed by atoms with E-state index in [0.29, 0.717) is 28.3 Å². The Balaban J connectivity index is 2.29. The minimum atomic E-state index is -4.29. The molecular weight excluding hydrogens is 334 g/mol. The minimum Gasteiger partial charge on any atom is -0.497 e. The van der Waals surface area contributed by atoms with Gasteiger partial charge < -0.3 is 14.8 Å². The number of carbonyl (C=O) groups is 1. The number of carbonyl (C=O) groups excluding carboxylic acids is 1. The number of methoxy groups -OCH3 is 2. The smallest absolute Gasteiger partial charge is 0.294 e. The summed E-state index contributed by atoms with van der Waals surface area (Å²) in [6, 6.07) is 8.83. The highest BCUT2D eigenvalue weighted by atomic mass is 32.2. The van der Waals surface area contributed by atoms with Crippen LogP contribution in [0.25, 0.3) is 0 Å². The number of hydrogen-bond acceptors (Lipinski definition) is 5. The number of benzene rings is 2. The van der Waals surface area contributed by atoms with Crippen molar-refractivity contribution < 1.29 is 27.2 Å². The molecule has 0 aliphatic carbocycles. The first-order valence-electron chi connectivity index (χ1n) is 6.87. The van der Waals surface area contributed by atoms with Gasteiger partial charge >= 0.3 is 0 Å². The molecule has 0 saturated carbocycles. The van der Waals surface area contributed by atoms with Crippen LogP contribution in [0, 0.1) is 6.92 Å². The number of aryl methyl sites for hydroxylation is 1. The lowest BCUT2D eigenvalue weighted by molar-refractivity contribution is 0.102. The van der Waals surface area contributed by atoms with Crippen molar-refractivity contribution >= 4 is 21.7 Å². The minimum absolute atomic E-state index is 0.205. The summed E-state index contributed by atoms with van der Waals surface area (Å²) in [5.41, 5.74) is 1.04. The van der Waals surface area contributed by atoms with Crippen molar-refractivity contribution in [3.8, 4) is 11.5 Å². The van der Waals surface area contributed by atoms with Crippen LogP contribution in [-0.2, 0) is 10.1 Å². The first-order valence-corrected chi connectivity index (χ1v) is 8.31. The van der Waals surface area contributed by atoms with Gasteiger partial charge in [-0.15, -0.1) is 0 Å². The van der Waals surface area contributed by atoms with Gasteiger partial charge in [-0.1, -0.05) is 0 Å². The predicted octanol–water partition coefficient (Wildman–Crippen LogP) is 2.51. The first-order chi connectivity index (χ1) is 11.2. The van der Waals surface area contributed by atoms with Gasteiger partial charge in [0.15, 0.2) is 0 Å². The second kappa shape index (κ2) is 6.90. The van der Waals surface area contributed by atoms with Crippen LogP contribution in [0.2, 0.25) is 0 Å². The van der Waals surface area contributed by atoms with Gasteiger partial charge in [0.1, 0.15) is 11.5 Å². The van der Waals surface area contributed by atoms with Crippen LogP contribution in [0.5, 0.6) is 11.5 Å². The van der Waals surface area contributed by atoms with Gasteiger partial charge in [0.2, 0.25) is 0 Å². The van der Waals surface area contributed by atoms with Crippen molar-refractivity contribution in [1.82, 2.24) is 0 Å². The molecule has 0 aromatic heterocycles. The maximum atomic E-state index is 12.4. The molecule has 2 aromatic rings. The average molecular weight is 351 g/mol. The van der Waals surface area contributed by atoms with Crippen LogP contribution in [0.3, 0.4) is 0 Å². The molecule has 0 saturated heterocycles. The maximum Gasteiger partial charge on any atom is 0.294 e.